The van der Waals surface area contributed by atoms with E-state index in [0.717, 1.165) is 17.1 Å². The summed E-state index contributed by atoms with van der Waals surface area (Å²) in [5.41, 5.74) is 1.66. The van der Waals surface area contributed by atoms with E-state index in [1.165, 1.54) is 0 Å². The molecule has 2 rings (SSSR count). The normalized spacial score (nSPS) is 11.5. The number of ether oxygens (including phenoxy) is 3. The van der Waals surface area contributed by atoms with Gasteiger partial charge in [0.25, 0.3) is 5.91 Å². The molecule has 0 saturated carbocycles. The number of carbonyl (C=O) groups is 1. The van der Waals surface area contributed by atoms with Gasteiger partial charge in [0.05, 0.1) is 14.2 Å². The molecule has 0 aliphatic rings. The first-order valence-corrected chi connectivity index (χ1v) is 7.29. The maximum absolute atomic E-state index is 12.2. The second-order valence-electron chi connectivity index (χ2n) is 5.11. The van der Waals surface area contributed by atoms with E-state index in [0.29, 0.717) is 11.4 Å². The monoisotopic (exact) mass is 315 g/mol. The Morgan fingerprint density at radius 2 is 1.65 bits per heavy atom. The van der Waals surface area contributed by atoms with Crippen molar-refractivity contribution >= 4 is 11.6 Å². The molecule has 1 atom stereocenters. The van der Waals surface area contributed by atoms with Crippen LogP contribution >= 0.6 is 0 Å². The fourth-order valence-electron chi connectivity index (χ4n) is 2.11. The highest BCUT2D eigenvalue weighted by molar-refractivity contribution is 5.94. The number of carbonyl (C=O) groups excluding carboxylic acids is 1. The Labute approximate surface area is 136 Å². The molecule has 2 aromatic carbocycles. The Balaban J connectivity index is 1.97. The third-order valence-electron chi connectivity index (χ3n) is 3.40. The number of aryl methyl sites for hydroxylation is 1. The zero-order chi connectivity index (χ0) is 16.8. The van der Waals surface area contributed by atoms with Gasteiger partial charge in [-0.2, -0.15) is 0 Å². The summed E-state index contributed by atoms with van der Waals surface area (Å²) in [6.07, 6.45) is -0.620. The van der Waals surface area contributed by atoms with Crippen LogP contribution in [0.2, 0.25) is 0 Å². The zero-order valence-electron chi connectivity index (χ0n) is 13.8. The molecule has 5 nitrogen and oxygen atoms in total. The maximum Gasteiger partial charge on any atom is 0.265 e. The first-order valence-electron chi connectivity index (χ1n) is 7.29. The summed E-state index contributed by atoms with van der Waals surface area (Å²) in [6.45, 7) is 3.63. The predicted molar refractivity (Wildman–Crippen MR) is 89.4 cm³/mol. The minimum atomic E-state index is -0.620. The van der Waals surface area contributed by atoms with Gasteiger partial charge in [-0.15, -0.1) is 0 Å². The molecule has 2 aromatic rings. The molecule has 0 radical (unpaired) electrons. The van der Waals surface area contributed by atoms with Crippen molar-refractivity contribution in [2.24, 2.45) is 0 Å². The summed E-state index contributed by atoms with van der Waals surface area (Å²) >= 11 is 0. The van der Waals surface area contributed by atoms with Crippen molar-refractivity contribution in [3.8, 4) is 17.2 Å². The molecule has 0 aliphatic heterocycles. The molecule has 5 heteroatoms. The topological polar surface area (TPSA) is 56.8 Å². The summed E-state index contributed by atoms with van der Waals surface area (Å²) in [4.78, 5) is 12.2. The van der Waals surface area contributed by atoms with Crippen LogP contribution < -0.4 is 19.5 Å². The standard InChI is InChI=1S/C18H21NO4/c1-12-11-14(5-10-17(12)22-4)19-18(20)13(2)23-16-8-6-15(21-3)7-9-16/h5-11,13H,1-4H3,(H,19,20). The summed E-state index contributed by atoms with van der Waals surface area (Å²) in [6, 6.07) is 12.6. The number of hydrogen-bond acceptors (Lipinski definition) is 4. The predicted octanol–water partition coefficient (Wildman–Crippen LogP) is 3.42. The van der Waals surface area contributed by atoms with E-state index in [9.17, 15) is 4.79 Å². The molecule has 0 aromatic heterocycles. The van der Waals surface area contributed by atoms with Crippen molar-refractivity contribution in [3.63, 3.8) is 0 Å². The highest BCUT2D eigenvalue weighted by atomic mass is 16.5. The molecule has 0 aliphatic carbocycles. The molecule has 1 N–H and O–H groups in total. The Hall–Kier alpha value is -2.69. The lowest BCUT2D eigenvalue weighted by atomic mass is 10.2. The Kier molecular flexibility index (Phi) is 5.46. The summed E-state index contributed by atoms with van der Waals surface area (Å²) in [7, 11) is 3.22. The summed E-state index contributed by atoms with van der Waals surface area (Å²) in [5, 5.41) is 2.83. The maximum atomic E-state index is 12.2. The van der Waals surface area contributed by atoms with E-state index in [-0.39, 0.29) is 5.91 Å². The first-order chi connectivity index (χ1) is 11.0. The molecule has 0 bridgehead atoms. The van der Waals surface area contributed by atoms with Gasteiger partial charge < -0.3 is 19.5 Å². The van der Waals surface area contributed by atoms with Gasteiger partial charge in [0.15, 0.2) is 6.10 Å². The molecule has 0 fully saturated rings. The van der Waals surface area contributed by atoms with Gasteiger partial charge in [0.1, 0.15) is 17.2 Å². The van der Waals surface area contributed by atoms with Crippen LogP contribution in [0.1, 0.15) is 12.5 Å². The van der Waals surface area contributed by atoms with E-state index < -0.39 is 6.10 Å². The molecular formula is C18H21NO4. The SMILES string of the molecule is COc1ccc(OC(C)C(=O)Nc2ccc(OC)c(C)c2)cc1. The lowest BCUT2D eigenvalue weighted by Gasteiger charge is -2.15. The van der Waals surface area contributed by atoms with E-state index in [4.69, 9.17) is 14.2 Å². The van der Waals surface area contributed by atoms with Crippen molar-refractivity contribution in [2.45, 2.75) is 20.0 Å². The number of nitrogens with one attached hydrogen (secondary N) is 1. The summed E-state index contributed by atoms with van der Waals surface area (Å²) in [5.74, 6) is 1.92. The second-order valence-corrected chi connectivity index (χ2v) is 5.11. The molecule has 23 heavy (non-hydrogen) atoms. The Morgan fingerprint density at radius 3 is 2.22 bits per heavy atom. The van der Waals surface area contributed by atoms with Crippen molar-refractivity contribution in [1.82, 2.24) is 0 Å². The fourth-order valence-corrected chi connectivity index (χ4v) is 2.11. The lowest BCUT2D eigenvalue weighted by Crippen LogP contribution is -2.30. The summed E-state index contributed by atoms with van der Waals surface area (Å²) < 4.78 is 15.9. The van der Waals surface area contributed by atoms with Gasteiger partial charge in [0.2, 0.25) is 0 Å². The van der Waals surface area contributed by atoms with Gasteiger partial charge in [-0.25, -0.2) is 0 Å². The van der Waals surface area contributed by atoms with Crippen LogP contribution in [0.4, 0.5) is 5.69 Å². The van der Waals surface area contributed by atoms with Crippen LogP contribution in [-0.4, -0.2) is 26.2 Å². The number of benzene rings is 2. The third-order valence-corrected chi connectivity index (χ3v) is 3.40. The van der Waals surface area contributed by atoms with Crippen LogP contribution in [0, 0.1) is 6.92 Å². The van der Waals surface area contributed by atoms with Crippen LogP contribution in [0.25, 0.3) is 0 Å². The Bertz CT molecular complexity index is 667. The minimum absolute atomic E-state index is 0.217. The minimum Gasteiger partial charge on any atom is -0.497 e. The van der Waals surface area contributed by atoms with Crippen LogP contribution in [0.5, 0.6) is 17.2 Å². The highest BCUT2D eigenvalue weighted by Crippen LogP contribution is 2.22. The van der Waals surface area contributed by atoms with Gasteiger partial charge in [-0.3, -0.25) is 4.79 Å². The number of rotatable bonds is 6. The molecular weight excluding hydrogens is 294 g/mol. The Morgan fingerprint density at radius 1 is 1.00 bits per heavy atom. The van der Waals surface area contributed by atoms with E-state index in [1.54, 1.807) is 51.5 Å². The third kappa shape index (κ3) is 4.39. The molecule has 122 valence electrons. The highest BCUT2D eigenvalue weighted by Gasteiger charge is 2.15. The van der Waals surface area contributed by atoms with Crippen molar-refractivity contribution in [3.05, 3.63) is 48.0 Å². The van der Waals surface area contributed by atoms with Crippen molar-refractivity contribution in [1.29, 1.82) is 0 Å². The number of amides is 1. The van der Waals surface area contributed by atoms with Gasteiger partial charge >= 0.3 is 0 Å². The largest absolute Gasteiger partial charge is 0.497 e. The van der Waals surface area contributed by atoms with Crippen LogP contribution in [0.3, 0.4) is 0 Å². The van der Waals surface area contributed by atoms with Crippen molar-refractivity contribution in [2.75, 3.05) is 19.5 Å². The smallest absolute Gasteiger partial charge is 0.265 e. The number of hydrogen-bond donors (Lipinski definition) is 1. The average Bonchev–Trinajstić information content (AvgIpc) is 2.55. The van der Waals surface area contributed by atoms with E-state index in [2.05, 4.69) is 5.32 Å². The first kappa shape index (κ1) is 16.7. The molecule has 0 saturated heterocycles. The van der Waals surface area contributed by atoms with Crippen molar-refractivity contribution < 1.29 is 19.0 Å². The fraction of sp³-hybridized carbons (Fsp3) is 0.278. The molecule has 0 heterocycles. The lowest BCUT2D eigenvalue weighted by molar-refractivity contribution is -0.122. The quantitative estimate of drug-likeness (QED) is 0.887. The zero-order valence-corrected chi connectivity index (χ0v) is 13.8. The van der Waals surface area contributed by atoms with Gasteiger partial charge in [-0.05, 0) is 61.9 Å². The van der Waals surface area contributed by atoms with E-state index in [1.807, 2.05) is 19.1 Å². The van der Waals surface area contributed by atoms with Crippen LogP contribution in [-0.2, 0) is 4.79 Å². The molecule has 1 amide bonds. The van der Waals surface area contributed by atoms with Gasteiger partial charge in [-0.1, -0.05) is 0 Å². The average molecular weight is 315 g/mol. The molecule has 1 unspecified atom stereocenters. The van der Waals surface area contributed by atoms with Gasteiger partial charge in [0, 0.05) is 5.69 Å². The van der Waals surface area contributed by atoms with E-state index >= 15 is 0 Å². The molecule has 0 spiro atoms. The van der Waals surface area contributed by atoms with Crippen LogP contribution in [0.15, 0.2) is 42.5 Å². The number of anilines is 1. The number of methoxy groups -OCH3 is 2. The second kappa shape index (κ2) is 7.54.